The minimum Gasteiger partial charge on any atom is -0.497 e. The Balaban J connectivity index is 1.56. The zero-order valence-electron chi connectivity index (χ0n) is 21.0. The first-order valence-electron chi connectivity index (χ1n) is 11.5. The first-order valence-corrected chi connectivity index (χ1v) is 13.3. The molecule has 0 aliphatic carbocycles. The summed E-state index contributed by atoms with van der Waals surface area (Å²) in [6, 6.07) is 15.4. The maximum Gasteiger partial charge on any atom is 0.434 e. The molecule has 0 spiro atoms. The molecule has 0 aliphatic rings. The normalized spacial score (nSPS) is 11.8. The summed E-state index contributed by atoms with van der Waals surface area (Å²) in [5.41, 5.74) is -1.51. The summed E-state index contributed by atoms with van der Waals surface area (Å²) < 4.78 is 81.3. The van der Waals surface area contributed by atoms with Gasteiger partial charge in [-0.15, -0.1) is 0 Å². The Bertz CT molecular complexity index is 1640. The Morgan fingerprint density at radius 3 is 2.40 bits per heavy atom. The van der Waals surface area contributed by atoms with Gasteiger partial charge in [-0.3, -0.25) is 4.79 Å². The number of anilines is 1. The molecule has 0 bridgehead atoms. The summed E-state index contributed by atoms with van der Waals surface area (Å²) in [6.07, 6.45) is -4.14. The number of ether oxygens (including phenoxy) is 2. The van der Waals surface area contributed by atoms with Crippen molar-refractivity contribution in [3.63, 3.8) is 0 Å². The molecule has 2 N–H and O–H groups in total. The molecule has 0 radical (unpaired) electrons. The van der Waals surface area contributed by atoms with E-state index in [2.05, 4.69) is 15.1 Å². The van der Waals surface area contributed by atoms with E-state index in [1.165, 1.54) is 56.7 Å². The predicted molar refractivity (Wildman–Crippen MR) is 142 cm³/mol. The van der Waals surface area contributed by atoms with Crippen molar-refractivity contribution in [2.75, 3.05) is 19.5 Å². The number of hydrogen-bond donors (Lipinski definition) is 2. The van der Waals surface area contributed by atoms with Crippen molar-refractivity contribution < 1.29 is 35.9 Å². The average Bonchev–Trinajstić information content (AvgIpc) is 3.39. The highest BCUT2D eigenvalue weighted by atomic mass is 35.5. The lowest BCUT2D eigenvalue weighted by atomic mass is 10.2. The third kappa shape index (κ3) is 6.38. The molecule has 0 saturated heterocycles. The van der Waals surface area contributed by atoms with Crippen LogP contribution in [0.1, 0.15) is 21.6 Å². The molecule has 4 aromatic rings. The number of rotatable bonds is 9. The number of carbonyl (C=O) groups is 1. The van der Waals surface area contributed by atoms with Crippen molar-refractivity contribution in [2.24, 2.45) is 0 Å². The van der Waals surface area contributed by atoms with E-state index >= 15 is 0 Å². The van der Waals surface area contributed by atoms with Crippen molar-refractivity contribution >= 4 is 33.2 Å². The second-order valence-corrected chi connectivity index (χ2v) is 10.5. The van der Waals surface area contributed by atoms with Gasteiger partial charge in [-0.1, -0.05) is 23.7 Å². The van der Waals surface area contributed by atoms with E-state index in [-0.39, 0.29) is 22.8 Å². The van der Waals surface area contributed by atoms with Gasteiger partial charge in [0, 0.05) is 28.9 Å². The van der Waals surface area contributed by atoms with E-state index in [4.69, 9.17) is 21.1 Å². The molecule has 40 heavy (non-hydrogen) atoms. The molecule has 0 fully saturated rings. The molecule has 1 aromatic heterocycles. The Morgan fingerprint density at radius 2 is 1.75 bits per heavy atom. The average molecular weight is 595 g/mol. The van der Waals surface area contributed by atoms with Gasteiger partial charge in [-0.25, -0.2) is 17.8 Å². The predicted octanol–water partition coefficient (Wildman–Crippen LogP) is 5.29. The van der Waals surface area contributed by atoms with E-state index < -0.39 is 33.4 Å². The van der Waals surface area contributed by atoms with Gasteiger partial charge in [0.2, 0.25) is 10.0 Å². The van der Waals surface area contributed by atoms with Crippen LogP contribution in [0.3, 0.4) is 0 Å². The van der Waals surface area contributed by atoms with E-state index in [1.54, 1.807) is 18.2 Å². The van der Waals surface area contributed by atoms with E-state index in [0.29, 0.717) is 26.8 Å². The maximum absolute atomic E-state index is 14.0. The molecule has 3 aromatic carbocycles. The number of methoxy groups -OCH3 is 2. The minimum atomic E-state index is -4.93. The highest BCUT2D eigenvalue weighted by Gasteiger charge is 2.40. The van der Waals surface area contributed by atoms with Crippen LogP contribution in [-0.4, -0.2) is 38.3 Å². The lowest BCUT2D eigenvalue weighted by Gasteiger charge is -2.14. The first-order chi connectivity index (χ1) is 18.9. The van der Waals surface area contributed by atoms with Crippen LogP contribution < -0.4 is 19.5 Å². The third-order valence-electron chi connectivity index (χ3n) is 5.70. The second kappa shape index (κ2) is 11.6. The largest absolute Gasteiger partial charge is 0.497 e. The summed E-state index contributed by atoms with van der Waals surface area (Å²) in [4.78, 5) is 12.7. The number of nitrogens with zero attached hydrogens (tertiary/aromatic N) is 2. The van der Waals surface area contributed by atoms with E-state index in [1.807, 2.05) is 0 Å². The lowest BCUT2D eigenvalue weighted by Crippen LogP contribution is -2.24. The lowest BCUT2D eigenvalue weighted by molar-refractivity contribution is -0.143. The summed E-state index contributed by atoms with van der Waals surface area (Å²) in [5, 5.41) is 6.39. The molecule has 4 rings (SSSR count). The van der Waals surface area contributed by atoms with Gasteiger partial charge in [-0.05, 0) is 48.5 Å². The van der Waals surface area contributed by atoms with Gasteiger partial charge in [0.15, 0.2) is 5.69 Å². The van der Waals surface area contributed by atoms with Crippen molar-refractivity contribution in [2.45, 2.75) is 17.6 Å². The molecule has 210 valence electrons. The summed E-state index contributed by atoms with van der Waals surface area (Å²) >= 11 is 5.82. The van der Waals surface area contributed by atoms with E-state index in [0.717, 1.165) is 12.3 Å². The van der Waals surface area contributed by atoms with Crippen LogP contribution in [0.15, 0.2) is 77.8 Å². The number of halogens is 4. The Kier molecular flexibility index (Phi) is 8.37. The number of amides is 1. The van der Waals surface area contributed by atoms with Gasteiger partial charge in [-0.2, -0.15) is 18.3 Å². The molecule has 0 atom stereocenters. The molecule has 9 nitrogen and oxygen atoms in total. The molecule has 1 heterocycles. The Hall–Kier alpha value is -4.07. The summed E-state index contributed by atoms with van der Waals surface area (Å²) in [7, 11) is -1.17. The molecule has 0 aliphatic heterocycles. The van der Waals surface area contributed by atoms with Gasteiger partial charge in [0.25, 0.3) is 5.91 Å². The SMILES string of the molecule is COc1ccc(CNS(=O)(=O)c2cccc(NC(=O)c3cnn(-c4ccc(Cl)cc4)c3C(F)(F)F)c2)c(OC)c1. The molecule has 1 amide bonds. The standard InChI is InChI=1S/C26H22ClF3N4O5S/c1-38-20-11-6-16(23(13-20)39-2)14-32-40(36,37)21-5-3-4-18(12-21)33-25(35)22-15-31-34(24(22)26(28,29)30)19-9-7-17(27)8-10-19/h3-13,15,32H,14H2,1-2H3,(H,33,35). The first kappa shape index (κ1) is 28.9. The van der Waals surface area contributed by atoms with Crippen LogP contribution in [0.25, 0.3) is 5.69 Å². The van der Waals surface area contributed by atoms with E-state index in [9.17, 15) is 26.4 Å². The van der Waals surface area contributed by atoms with Gasteiger partial charge < -0.3 is 14.8 Å². The number of nitrogens with one attached hydrogen (secondary N) is 2. The van der Waals surface area contributed by atoms with Gasteiger partial charge in [0.1, 0.15) is 11.5 Å². The highest BCUT2D eigenvalue weighted by molar-refractivity contribution is 7.89. The second-order valence-electron chi connectivity index (χ2n) is 8.28. The number of alkyl halides is 3. The number of sulfonamides is 1. The van der Waals surface area contributed by atoms with Crippen LogP contribution in [0, 0.1) is 0 Å². The Labute approximate surface area is 232 Å². The zero-order chi connectivity index (χ0) is 29.1. The van der Waals surface area contributed by atoms with Crippen molar-refractivity contribution in [3.05, 3.63) is 94.8 Å². The molecular weight excluding hydrogens is 573 g/mol. The number of aromatic nitrogens is 2. The number of hydrogen-bond acceptors (Lipinski definition) is 6. The number of benzene rings is 3. The molecule has 0 unspecified atom stereocenters. The third-order valence-corrected chi connectivity index (χ3v) is 7.35. The zero-order valence-corrected chi connectivity index (χ0v) is 22.6. The van der Waals surface area contributed by atoms with Crippen LogP contribution in [0.5, 0.6) is 11.5 Å². The van der Waals surface area contributed by atoms with Crippen LogP contribution >= 0.6 is 11.6 Å². The number of carbonyl (C=O) groups excluding carboxylic acids is 1. The van der Waals surface area contributed by atoms with Crippen LogP contribution in [0.4, 0.5) is 18.9 Å². The fraction of sp³-hybridized carbons (Fsp3) is 0.154. The van der Waals surface area contributed by atoms with Gasteiger partial charge in [0.05, 0.1) is 36.6 Å². The summed E-state index contributed by atoms with van der Waals surface area (Å²) in [5.74, 6) is -0.194. The van der Waals surface area contributed by atoms with Crippen molar-refractivity contribution in [1.29, 1.82) is 0 Å². The molecule has 14 heteroatoms. The van der Waals surface area contributed by atoms with Crippen molar-refractivity contribution in [1.82, 2.24) is 14.5 Å². The molecule has 0 saturated carbocycles. The minimum absolute atomic E-state index is 0.0396. The Morgan fingerprint density at radius 1 is 1.02 bits per heavy atom. The monoisotopic (exact) mass is 594 g/mol. The topological polar surface area (TPSA) is 112 Å². The molecular formula is C26H22ClF3N4O5S. The summed E-state index contributed by atoms with van der Waals surface area (Å²) in [6.45, 7) is -0.120. The smallest absolute Gasteiger partial charge is 0.434 e. The maximum atomic E-state index is 14.0. The van der Waals surface area contributed by atoms with Gasteiger partial charge >= 0.3 is 6.18 Å². The van der Waals surface area contributed by atoms with Crippen molar-refractivity contribution in [3.8, 4) is 17.2 Å². The quantitative estimate of drug-likeness (QED) is 0.272. The van der Waals surface area contributed by atoms with Crippen LogP contribution in [-0.2, 0) is 22.7 Å². The highest BCUT2D eigenvalue weighted by Crippen LogP contribution is 2.34. The van der Waals surface area contributed by atoms with Crippen LogP contribution in [0.2, 0.25) is 5.02 Å². The fourth-order valence-electron chi connectivity index (χ4n) is 3.76. The fourth-order valence-corrected chi connectivity index (χ4v) is 4.94.